The van der Waals surface area contributed by atoms with E-state index in [1.807, 2.05) is 4.90 Å². The van der Waals surface area contributed by atoms with Crippen LogP contribution in [0.3, 0.4) is 0 Å². The number of carbonyl (C=O) groups excluding carboxylic acids is 2. The van der Waals surface area contributed by atoms with E-state index in [4.69, 9.17) is 0 Å². The summed E-state index contributed by atoms with van der Waals surface area (Å²) in [7, 11) is 1.65. The van der Waals surface area contributed by atoms with Crippen molar-refractivity contribution in [2.45, 2.75) is 12.8 Å². The summed E-state index contributed by atoms with van der Waals surface area (Å²) >= 11 is 0. The molecule has 0 aromatic carbocycles. The molecule has 13 heavy (non-hydrogen) atoms. The maximum Gasteiger partial charge on any atom is 0.224 e. The van der Waals surface area contributed by atoms with Crippen molar-refractivity contribution in [3.8, 4) is 0 Å². The smallest absolute Gasteiger partial charge is 0.224 e. The number of amides is 1. The molecule has 1 unspecified atom stereocenters. The summed E-state index contributed by atoms with van der Waals surface area (Å²) in [6, 6.07) is 0. The lowest BCUT2D eigenvalue weighted by Gasteiger charge is -2.30. The van der Waals surface area contributed by atoms with Crippen molar-refractivity contribution in [3.05, 3.63) is 0 Å². The Morgan fingerprint density at radius 3 is 3.08 bits per heavy atom. The van der Waals surface area contributed by atoms with Crippen molar-refractivity contribution in [2.75, 3.05) is 26.7 Å². The molecule has 1 aliphatic rings. The zero-order valence-corrected chi connectivity index (χ0v) is 7.95. The van der Waals surface area contributed by atoms with Crippen LogP contribution in [0.5, 0.6) is 0 Å². The number of likely N-dealkylation sites (tertiary alicyclic amines) is 1. The van der Waals surface area contributed by atoms with Gasteiger partial charge in [0.1, 0.15) is 6.29 Å². The Hall–Kier alpha value is -0.900. The molecular formula is C9H16N2O2. The normalized spacial score (nSPS) is 23.9. The third-order valence-corrected chi connectivity index (χ3v) is 2.46. The van der Waals surface area contributed by atoms with Gasteiger partial charge in [0.25, 0.3) is 0 Å². The van der Waals surface area contributed by atoms with Crippen LogP contribution in [0.25, 0.3) is 0 Å². The molecule has 0 saturated carbocycles. The van der Waals surface area contributed by atoms with Gasteiger partial charge in [-0.05, 0) is 19.4 Å². The van der Waals surface area contributed by atoms with Crippen LogP contribution in [0.2, 0.25) is 0 Å². The number of hydrogen-bond acceptors (Lipinski definition) is 3. The highest BCUT2D eigenvalue weighted by atomic mass is 16.1. The van der Waals surface area contributed by atoms with Crippen LogP contribution in [0.1, 0.15) is 12.8 Å². The van der Waals surface area contributed by atoms with Gasteiger partial charge in [-0.25, -0.2) is 0 Å². The van der Waals surface area contributed by atoms with Gasteiger partial charge in [-0.15, -0.1) is 0 Å². The highest BCUT2D eigenvalue weighted by molar-refractivity contribution is 5.78. The quantitative estimate of drug-likeness (QED) is 0.610. The van der Waals surface area contributed by atoms with Crippen molar-refractivity contribution in [2.24, 2.45) is 5.92 Å². The van der Waals surface area contributed by atoms with E-state index in [2.05, 4.69) is 5.32 Å². The van der Waals surface area contributed by atoms with Crippen molar-refractivity contribution < 1.29 is 9.59 Å². The topological polar surface area (TPSA) is 49.4 Å². The molecule has 4 heteroatoms. The number of nitrogens with zero attached hydrogens (tertiary/aromatic N) is 1. The fraction of sp³-hybridized carbons (Fsp3) is 0.778. The van der Waals surface area contributed by atoms with E-state index >= 15 is 0 Å². The minimum Gasteiger partial charge on any atom is -0.359 e. The molecule has 1 heterocycles. The van der Waals surface area contributed by atoms with Crippen molar-refractivity contribution in [1.82, 2.24) is 10.2 Å². The molecule has 4 nitrogen and oxygen atoms in total. The molecule has 0 spiro atoms. The fourth-order valence-electron chi connectivity index (χ4n) is 1.74. The second-order valence-corrected chi connectivity index (χ2v) is 3.38. The second-order valence-electron chi connectivity index (χ2n) is 3.38. The van der Waals surface area contributed by atoms with E-state index < -0.39 is 0 Å². The molecule has 1 fully saturated rings. The standard InChI is InChI=1S/C9H16N2O2/c1-10-9(13)8-3-2-4-11(7-8)5-6-12/h6,8H,2-5,7H2,1H3,(H,10,13). The van der Waals surface area contributed by atoms with Gasteiger partial charge in [0, 0.05) is 13.6 Å². The molecule has 0 radical (unpaired) electrons. The van der Waals surface area contributed by atoms with Crippen LogP contribution in [-0.4, -0.2) is 43.8 Å². The Morgan fingerprint density at radius 2 is 2.46 bits per heavy atom. The summed E-state index contributed by atoms with van der Waals surface area (Å²) in [4.78, 5) is 23.6. The van der Waals surface area contributed by atoms with Crippen LogP contribution in [0.4, 0.5) is 0 Å². The predicted octanol–water partition coefficient (Wildman–Crippen LogP) is -0.357. The molecule has 1 atom stereocenters. The minimum atomic E-state index is 0.0682. The SMILES string of the molecule is CNC(=O)C1CCCN(CC=O)C1. The van der Waals surface area contributed by atoms with Crippen molar-refractivity contribution >= 4 is 12.2 Å². The van der Waals surface area contributed by atoms with Gasteiger partial charge >= 0.3 is 0 Å². The van der Waals surface area contributed by atoms with E-state index in [9.17, 15) is 9.59 Å². The van der Waals surface area contributed by atoms with E-state index in [0.29, 0.717) is 6.54 Å². The highest BCUT2D eigenvalue weighted by Gasteiger charge is 2.24. The molecule has 74 valence electrons. The van der Waals surface area contributed by atoms with Gasteiger partial charge < -0.3 is 10.1 Å². The number of aldehydes is 1. The van der Waals surface area contributed by atoms with Crippen LogP contribution >= 0.6 is 0 Å². The average Bonchev–Trinajstić information content (AvgIpc) is 2.18. The van der Waals surface area contributed by atoms with Crippen LogP contribution < -0.4 is 5.32 Å². The molecule has 0 aromatic heterocycles. The summed E-state index contributed by atoms with van der Waals surface area (Å²) in [6.07, 6.45) is 2.84. The number of nitrogens with one attached hydrogen (secondary N) is 1. The molecular weight excluding hydrogens is 168 g/mol. The van der Waals surface area contributed by atoms with Crippen LogP contribution in [0.15, 0.2) is 0 Å². The lowest BCUT2D eigenvalue weighted by atomic mass is 9.97. The first-order valence-corrected chi connectivity index (χ1v) is 4.65. The molecule has 1 aliphatic heterocycles. The Morgan fingerprint density at radius 1 is 1.69 bits per heavy atom. The summed E-state index contributed by atoms with van der Waals surface area (Å²) in [6.45, 7) is 2.11. The van der Waals surface area contributed by atoms with Gasteiger partial charge in [0.15, 0.2) is 0 Å². The Bertz CT molecular complexity index is 194. The maximum absolute atomic E-state index is 11.3. The first-order valence-electron chi connectivity index (χ1n) is 4.65. The summed E-state index contributed by atoms with van der Waals surface area (Å²) in [5.41, 5.74) is 0. The number of hydrogen-bond donors (Lipinski definition) is 1. The zero-order valence-electron chi connectivity index (χ0n) is 7.95. The zero-order chi connectivity index (χ0) is 9.68. The number of rotatable bonds is 3. The van der Waals surface area contributed by atoms with Crippen molar-refractivity contribution in [1.29, 1.82) is 0 Å². The van der Waals surface area contributed by atoms with Gasteiger partial charge in [-0.3, -0.25) is 9.69 Å². The summed E-state index contributed by atoms with van der Waals surface area (Å²) in [5, 5.41) is 2.64. The Balaban J connectivity index is 2.41. The number of piperidine rings is 1. The minimum absolute atomic E-state index is 0.0682. The first kappa shape index (κ1) is 10.2. The molecule has 1 amide bonds. The van der Waals surface area contributed by atoms with E-state index in [1.165, 1.54) is 0 Å². The fourth-order valence-corrected chi connectivity index (χ4v) is 1.74. The Kier molecular flexibility index (Phi) is 3.89. The molecule has 0 bridgehead atoms. The van der Waals surface area contributed by atoms with E-state index in [1.54, 1.807) is 7.05 Å². The first-order chi connectivity index (χ1) is 6.27. The maximum atomic E-state index is 11.3. The van der Waals surface area contributed by atoms with Gasteiger partial charge in [-0.2, -0.15) is 0 Å². The molecule has 0 aliphatic carbocycles. The van der Waals surface area contributed by atoms with Crippen LogP contribution in [-0.2, 0) is 9.59 Å². The monoisotopic (exact) mass is 184 g/mol. The van der Waals surface area contributed by atoms with Gasteiger partial charge in [-0.1, -0.05) is 0 Å². The molecule has 1 saturated heterocycles. The lowest BCUT2D eigenvalue weighted by Crippen LogP contribution is -2.42. The molecule has 1 rings (SSSR count). The van der Waals surface area contributed by atoms with E-state index in [0.717, 1.165) is 32.2 Å². The third-order valence-electron chi connectivity index (χ3n) is 2.46. The second kappa shape index (κ2) is 4.97. The van der Waals surface area contributed by atoms with Gasteiger partial charge in [0.2, 0.25) is 5.91 Å². The molecule has 0 aromatic rings. The lowest BCUT2D eigenvalue weighted by molar-refractivity contribution is -0.126. The van der Waals surface area contributed by atoms with E-state index in [-0.39, 0.29) is 11.8 Å². The summed E-state index contributed by atoms with van der Waals surface area (Å²) in [5.74, 6) is 0.161. The highest BCUT2D eigenvalue weighted by Crippen LogP contribution is 2.15. The average molecular weight is 184 g/mol. The van der Waals surface area contributed by atoms with Crippen molar-refractivity contribution in [3.63, 3.8) is 0 Å². The largest absolute Gasteiger partial charge is 0.359 e. The third kappa shape index (κ3) is 2.81. The van der Waals surface area contributed by atoms with Crippen LogP contribution in [0, 0.1) is 5.92 Å². The number of carbonyl (C=O) groups is 2. The molecule has 1 N–H and O–H groups in total. The van der Waals surface area contributed by atoms with Gasteiger partial charge in [0.05, 0.1) is 12.5 Å². The Labute approximate surface area is 78.3 Å². The predicted molar refractivity (Wildman–Crippen MR) is 49.3 cm³/mol. The summed E-state index contributed by atoms with van der Waals surface area (Å²) < 4.78 is 0.